The predicted octanol–water partition coefficient (Wildman–Crippen LogP) is 1.18. The van der Waals surface area contributed by atoms with Gasteiger partial charge in [0.2, 0.25) is 0 Å². The number of benzene rings is 1. The Labute approximate surface area is 76.9 Å². The molecular formula is C10H13N3. The van der Waals surface area contributed by atoms with Crippen LogP contribution in [0.1, 0.15) is 0 Å². The van der Waals surface area contributed by atoms with Crippen molar-refractivity contribution in [2.75, 3.05) is 12.3 Å². The van der Waals surface area contributed by atoms with Crippen molar-refractivity contribution >= 4 is 16.6 Å². The van der Waals surface area contributed by atoms with Gasteiger partial charge in [-0.1, -0.05) is 6.07 Å². The van der Waals surface area contributed by atoms with Crippen molar-refractivity contribution in [3.63, 3.8) is 0 Å². The van der Waals surface area contributed by atoms with Crippen LogP contribution in [0.5, 0.6) is 0 Å². The maximum Gasteiger partial charge on any atom is 0.0501 e. The van der Waals surface area contributed by atoms with Crippen LogP contribution in [0.15, 0.2) is 30.5 Å². The van der Waals surface area contributed by atoms with Crippen molar-refractivity contribution in [3.05, 3.63) is 30.5 Å². The summed E-state index contributed by atoms with van der Waals surface area (Å²) in [5, 5.41) is 1.11. The summed E-state index contributed by atoms with van der Waals surface area (Å²) in [4.78, 5) is 0. The quantitative estimate of drug-likeness (QED) is 0.673. The third kappa shape index (κ3) is 1.27. The van der Waals surface area contributed by atoms with Gasteiger partial charge in [0, 0.05) is 30.4 Å². The molecule has 0 fully saturated rings. The summed E-state index contributed by atoms with van der Waals surface area (Å²) in [6, 6.07) is 7.96. The molecule has 0 saturated heterocycles. The summed E-state index contributed by atoms with van der Waals surface area (Å²) in [7, 11) is 0. The van der Waals surface area contributed by atoms with Gasteiger partial charge < -0.3 is 16.0 Å². The molecule has 0 aliphatic rings. The highest BCUT2D eigenvalue weighted by molar-refractivity contribution is 5.91. The average molecular weight is 175 g/mol. The molecule has 0 aliphatic heterocycles. The predicted molar refractivity (Wildman–Crippen MR) is 55.4 cm³/mol. The van der Waals surface area contributed by atoms with Gasteiger partial charge in [0.05, 0.1) is 5.52 Å². The number of nitrogens with two attached hydrogens (primary N) is 2. The second kappa shape index (κ2) is 3.11. The molecule has 13 heavy (non-hydrogen) atoms. The molecule has 0 saturated carbocycles. The lowest BCUT2D eigenvalue weighted by molar-refractivity contribution is 0.735. The van der Waals surface area contributed by atoms with Gasteiger partial charge in [-0.25, -0.2) is 0 Å². The van der Waals surface area contributed by atoms with Crippen molar-refractivity contribution in [1.29, 1.82) is 0 Å². The fraction of sp³-hybridized carbons (Fsp3) is 0.200. The van der Waals surface area contributed by atoms with Crippen LogP contribution in [0, 0.1) is 0 Å². The van der Waals surface area contributed by atoms with Gasteiger partial charge in [0.1, 0.15) is 0 Å². The van der Waals surface area contributed by atoms with Crippen LogP contribution in [-0.4, -0.2) is 11.1 Å². The highest BCUT2D eigenvalue weighted by Crippen LogP contribution is 2.21. The van der Waals surface area contributed by atoms with Crippen LogP contribution in [0.25, 0.3) is 10.9 Å². The monoisotopic (exact) mass is 175 g/mol. The van der Waals surface area contributed by atoms with E-state index in [-0.39, 0.29) is 0 Å². The summed E-state index contributed by atoms with van der Waals surface area (Å²) >= 11 is 0. The lowest BCUT2D eigenvalue weighted by Gasteiger charge is -2.02. The molecule has 2 aromatic rings. The Morgan fingerprint density at radius 1 is 1.23 bits per heavy atom. The Hall–Kier alpha value is -1.48. The second-order valence-electron chi connectivity index (χ2n) is 3.08. The molecule has 2 rings (SSSR count). The van der Waals surface area contributed by atoms with E-state index in [9.17, 15) is 0 Å². The number of hydrogen-bond donors (Lipinski definition) is 2. The molecule has 68 valence electrons. The van der Waals surface area contributed by atoms with E-state index in [1.54, 1.807) is 0 Å². The molecule has 1 aromatic carbocycles. The van der Waals surface area contributed by atoms with Crippen molar-refractivity contribution in [2.45, 2.75) is 6.54 Å². The maximum atomic E-state index is 5.82. The molecule has 3 nitrogen and oxygen atoms in total. The van der Waals surface area contributed by atoms with E-state index < -0.39 is 0 Å². The van der Waals surface area contributed by atoms with Gasteiger partial charge in [-0.15, -0.1) is 0 Å². The normalized spacial score (nSPS) is 10.8. The molecule has 0 spiro atoms. The molecule has 0 unspecified atom stereocenters. The maximum absolute atomic E-state index is 5.82. The van der Waals surface area contributed by atoms with Crippen LogP contribution in [0.3, 0.4) is 0 Å². The molecule has 1 aromatic heterocycles. The number of hydrogen-bond acceptors (Lipinski definition) is 2. The molecule has 1 heterocycles. The third-order valence-electron chi connectivity index (χ3n) is 2.22. The van der Waals surface area contributed by atoms with Crippen LogP contribution in [0.2, 0.25) is 0 Å². The zero-order valence-corrected chi connectivity index (χ0v) is 7.40. The number of aromatic nitrogens is 1. The van der Waals surface area contributed by atoms with E-state index in [0.29, 0.717) is 6.54 Å². The topological polar surface area (TPSA) is 57.0 Å². The van der Waals surface area contributed by atoms with Crippen molar-refractivity contribution < 1.29 is 0 Å². The smallest absolute Gasteiger partial charge is 0.0501 e. The van der Waals surface area contributed by atoms with Crippen LogP contribution in [0.4, 0.5) is 5.69 Å². The van der Waals surface area contributed by atoms with Crippen LogP contribution >= 0.6 is 0 Å². The molecule has 0 radical (unpaired) electrons. The van der Waals surface area contributed by atoms with E-state index in [0.717, 1.165) is 23.1 Å². The second-order valence-corrected chi connectivity index (χ2v) is 3.08. The summed E-state index contributed by atoms with van der Waals surface area (Å²) in [5.41, 5.74) is 13.3. The Kier molecular flexibility index (Phi) is 1.94. The third-order valence-corrected chi connectivity index (χ3v) is 2.22. The molecule has 3 heteroatoms. The van der Waals surface area contributed by atoms with Gasteiger partial charge in [0.15, 0.2) is 0 Å². The largest absolute Gasteiger partial charge is 0.398 e. The van der Waals surface area contributed by atoms with E-state index in [1.807, 2.05) is 24.4 Å². The summed E-state index contributed by atoms with van der Waals surface area (Å²) in [5.74, 6) is 0. The van der Waals surface area contributed by atoms with Crippen LogP contribution < -0.4 is 11.5 Å². The Balaban J connectivity index is 2.61. The zero-order valence-electron chi connectivity index (χ0n) is 7.40. The molecule has 0 bridgehead atoms. The van der Waals surface area contributed by atoms with Crippen molar-refractivity contribution in [1.82, 2.24) is 4.57 Å². The Bertz CT molecular complexity index is 417. The van der Waals surface area contributed by atoms with Crippen molar-refractivity contribution in [3.8, 4) is 0 Å². The fourth-order valence-corrected chi connectivity index (χ4v) is 1.58. The standard InChI is InChI=1S/C10H13N3/c11-5-7-13-6-4-8-9(12)2-1-3-10(8)13/h1-4,6H,5,7,11-12H2. The minimum atomic E-state index is 0.651. The molecule has 4 N–H and O–H groups in total. The first-order chi connectivity index (χ1) is 6.33. The van der Waals surface area contributed by atoms with Gasteiger partial charge in [-0.05, 0) is 18.2 Å². The van der Waals surface area contributed by atoms with Gasteiger partial charge in [0.25, 0.3) is 0 Å². The number of nitrogen functional groups attached to an aromatic ring is 1. The van der Waals surface area contributed by atoms with E-state index in [4.69, 9.17) is 11.5 Å². The summed E-state index contributed by atoms with van der Waals surface area (Å²) in [6.07, 6.45) is 2.02. The molecule has 0 atom stereocenters. The highest BCUT2D eigenvalue weighted by atomic mass is 15.0. The SMILES string of the molecule is NCCn1ccc2c(N)cccc21. The molecular weight excluding hydrogens is 162 g/mol. The first kappa shape index (κ1) is 8.13. The van der Waals surface area contributed by atoms with Crippen LogP contribution in [-0.2, 0) is 6.54 Å². The average Bonchev–Trinajstić information content (AvgIpc) is 2.51. The zero-order chi connectivity index (χ0) is 9.26. The van der Waals surface area contributed by atoms with E-state index in [1.165, 1.54) is 0 Å². The lowest BCUT2D eigenvalue weighted by atomic mass is 10.2. The number of nitrogens with zero attached hydrogens (tertiary/aromatic N) is 1. The number of rotatable bonds is 2. The first-order valence-corrected chi connectivity index (χ1v) is 4.36. The van der Waals surface area contributed by atoms with Gasteiger partial charge >= 0.3 is 0 Å². The first-order valence-electron chi connectivity index (χ1n) is 4.36. The fourth-order valence-electron chi connectivity index (χ4n) is 1.58. The van der Waals surface area contributed by atoms with E-state index >= 15 is 0 Å². The summed E-state index contributed by atoms with van der Waals surface area (Å²) < 4.78 is 2.12. The lowest BCUT2D eigenvalue weighted by Crippen LogP contribution is -2.08. The van der Waals surface area contributed by atoms with Gasteiger partial charge in [-0.3, -0.25) is 0 Å². The summed E-state index contributed by atoms with van der Waals surface area (Å²) in [6.45, 7) is 1.49. The van der Waals surface area contributed by atoms with E-state index in [2.05, 4.69) is 10.6 Å². The minimum absolute atomic E-state index is 0.651. The number of anilines is 1. The minimum Gasteiger partial charge on any atom is -0.398 e. The number of fused-ring (bicyclic) bond motifs is 1. The Morgan fingerprint density at radius 3 is 2.85 bits per heavy atom. The molecule has 0 amide bonds. The Morgan fingerprint density at radius 2 is 2.08 bits per heavy atom. The highest BCUT2D eigenvalue weighted by Gasteiger charge is 2.01. The van der Waals surface area contributed by atoms with Crippen molar-refractivity contribution in [2.24, 2.45) is 5.73 Å². The molecule has 0 aliphatic carbocycles. The van der Waals surface area contributed by atoms with Gasteiger partial charge in [-0.2, -0.15) is 0 Å².